The minimum absolute atomic E-state index is 0.00446. The molecule has 63 heavy (non-hydrogen) atoms. The monoisotopic (exact) mass is 864 g/mol. The summed E-state index contributed by atoms with van der Waals surface area (Å²) < 4.78 is 76.3. The molecule has 0 aliphatic heterocycles. The summed E-state index contributed by atoms with van der Waals surface area (Å²) in [6.45, 7) is 15.3. The van der Waals surface area contributed by atoms with Crippen molar-refractivity contribution in [1.82, 2.24) is 29.4 Å². The normalized spacial score (nSPS) is 11.5. The summed E-state index contributed by atoms with van der Waals surface area (Å²) in [6, 6.07) is 13.0. The van der Waals surface area contributed by atoms with Crippen LogP contribution in [0.2, 0.25) is 0 Å². The highest BCUT2D eigenvalue weighted by Gasteiger charge is 2.23. The molecule has 6 aromatic heterocycles. The standard InChI is InChI=1S/C25H24F2N4O4.C20H16F2N4O2/c1-12-9-21(32)15-7-8-18(22-13(2)30-35-14(22)3)28-23(15)31(12)20-11-19(16(26)10-17(20)27)29-24(33)34-25(4,5)6;1-9-6-18(27)12-4-5-16(19-10(2)25-28-11(19)3)24-20(12)26(9)17-8-15(23)13(21)7-14(17)22/h7-11H,1-6H3,(H,29,33);4-8H,23H2,1-3H3. The van der Waals surface area contributed by atoms with Gasteiger partial charge in [-0.15, -0.1) is 0 Å². The first-order chi connectivity index (χ1) is 29.6. The minimum atomic E-state index is -0.982. The average molecular weight is 865 g/mol. The average Bonchev–Trinajstić information content (AvgIpc) is 3.72. The Kier molecular flexibility index (Phi) is 11.3. The maximum atomic E-state index is 15.1. The lowest BCUT2D eigenvalue weighted by atomic mass is 10.1. The molecule has 8 aromatic rings. The Balaban J connectivity index is 0.000000193. The second kappa shape index (κ2) is 16.3. The van der Waals surface area contributed by atoms with Gasteiger partial charge in [0.2, 0.25) is 0 Å². The van der Waals surface area contributed by atoms with Gasteiger partial charge in [-0.25, -0.2) is 32.3 Å². The van der Waals surface area contributed by atoms with Gasteiger partial charge in [0, 0.05) is 35.7 Å². The van der Waals surface area contributed by atoms with Crippen LogP contribution in [0.1, 0.15) is 55.1 Å². The van der Waals surface area contributed by atoms with E-state index in [9.17, 15) is 27.6 Å². The van der Waals surface area contributed by atoms with E-state index >= 15 is 4.39 Å². The molecule has 8 rings (SSSR count). The Hall–Kier alpha value is -7.63. The van der Waals surface area contributed by atoms with Gasteiger partial charge in [0.1, 0.15) is 51.7 Å². The molecule has 0 saturated carbocycles. The van der Waals surface area contributed by atoms with E-state index in [-0.39, 0.29) is 50.3 Å². The number of pyridine rings is 4. The number of aryl methyl sites for hydroxylation is 6. The first-order valence-electron chi connectivity index (χ1n) is 19.3. The molecule has 0 unspecified atom stereocenters. The van der Waals surface area contributed by atoms with Gasteiger partial charge < -0.3 is 19.5 Å². The highest BCUT2D eigenvalue weighted by atomic mass is 19.1. The van der Waals surface area contributed by atoms with Crippen molar-refractivity contribution in [2.24, 2.45) is 0 Å². The van der Waals surface area contributed by atoms with Gasteiger partial charge in [-0.1, -0.05) is 10.3 Å². The van der Waals surface area contributed by atoms with Gasteiger partial charge in [0.15, 0.2) is 10.9 Å². The molecular weight excluding hydrogens is 825 g/mol. The highest BCUT2D eigenvalue weighted by Crippen LogP contribution is 2.32. The zero-order chi connectivity index (χ0) is 45.8. The van der Waals surface area contributed by atoms with Gasteiger partial charge in [-0.3, -0.25) is 24.0 Å². The van der Waals surface area contributed by atoms with Gasteiger partial charge in [-0.2, -0.15) is 0 Å². The van der Waals surface area contributed by atoms with E-state index in [1.54, 1.807) is 86.6 Å². The lowest BCUT2D eigenvalue weighted by molar-refractivity contribution is 0.0635. The predicted octanol–water partition coefficient (Wildman–Crippen LogP) is 9.42. The van der Waals surface area contributed by atoms with Crippen LogP contribution in [-0.2, 0) is 4.74 Å². The topological polar surface area (TPSA) is 186 Å². The van der Waals surface area contributed by atoms with Crippen molar-refractivity contribution in [2.45, 2.75) is 67.9 Å². The molecule has 0 atom stereocenters. The van der Waals surface area contributed by atoms with E-state index in [0.29, 0.717) is 74.3 Å². The van der Waals surface area contributed by atoms with Gasteiger partial charge in [-0.05, 0) is 98.7 Å². The molecule has 0 aliphatic carbocycles. The third kappa shape index (κ3) is 8.38. The lowest BCUT2D eigenvalue weighted by Gasteiger charge is -2.20. The third-order valence-corrected chi connectivity index (χ3v) is 9.89. The van der Waals surface area contributed by atoms with Crippen LogP contribution in [0.25, 0.3) is 56.0 Å². The summed E-state index contributed by atoms with van der Waals surface area (Å²) >= 11 is 0. The number of anilines is 2. The summed E-state index contributed by atoms with van der Waals surface area (Å²) in [5.74, 6) is -2.45. The number of hydrogen-bond acceptors (Lipinski definition) is 11. The number of hydrogen-bond donors (Lipinski definition) is 2. The number of ether oxygens (including phenoxy) is 1. The number of fused-ring (bicyclic) bond motifs is 2. The number of carbonyl (C=O) groups is 1. The highest BCUT2D eigenvalue weighted by molar-refractivity contribution is 5.87. The van der Waals surface area contributed by atoms with Gasteiger partial charge in [0.05, 0.1) is 67.4 Å². The number of aromatic nitrogens is 6. The second-order valence-electron chi connectivity index (χ2n) is 15.7. The Labute approximate surface area is 355 Å². The maximum absolute atomic E-state index is 15.1. The van der Waals surface area contributed by atoms with E-state index < -0.39 is 35.0 Å². The number of nitrogen functional groups attached to an aromatic ring is 1. The fourth-order valence-corrected chi connectivity index (χ4v) is 7.15. The summed E-state index contributed by atoms with van der Waals surface area (Å²) in [5, 5.41) is 10.7. The summed E-state index contributed by atoms with van der Waals surface area (Å²) in [7, 11) is 0. The van der Waals surface area contributed by atoms with Crippen LogP contribution < -0.4 is 21.9 Å². The molecule has 324 valence electrons. The van der Waals surface area contributed by atoms with Crippen molar-refractivity contribution in [3.8, 4) is 33.9 Å². The number of rotatable bonds is 5. The number of benzene rings is 2. The lowest BCUT2D eigenvalue weighted by Crippen LogP contribution is -2.27. The van der Waals surface area contributed by atoms with Crippen molar-refractivity contribution in [1.29, 1.82) is 0 Å². The number of nitrogens with two attached hydrogens (primary N) is 1. The second-order valence-corrected chi connectivity index (χ2v) is 15.7. The fraction of sp³-hybridized carbons (Fsp3) is 0.222. The Morgan fingerprint density at radius 3 is 1.52 bits per heavy atom. The first kappa shape index (κ1) is 43.5. The van der Waals surface area contributed by atoms with Crippen LogP contribution in [0, 0.1) is 64.8 Å². The molecule has 0 saturated heterocycles. The van der Waals surface area contributed by atoms with Crippen LogP contribution in [0.15, 0.2) is 79.3 Å². The Bertz CT molecular complexity index is 3240. The molecule has 0 bridgehead atoms. The van der Waals surface area contributed by atoms with Crippen molar-refractivity contribution in [3.63, 3.8) is 0 Å². The first-order valence-corrected chi connectivity index (χ1v) is 19.3. The van der Waals surface area contributed by atoms with E-state index in [2.05, 4.69) is 25.6 Å². The van der Waals surface area contributed by atoms with E-state index in [1.165, 1.54) is 27.3 Å². The number of carbonyl (C=O) groups excluding carboxylic acids is 1. The molecule has 0 spiro atoms. The molecule has 6 heterocycles. The van der Waals surface area contributed by atoms with Crippen molar-refractivity contribution < 1.29 is 36.1 Å². The number of nitrogens with zero attached hydrogens (tertiary/aromatic N) is 6. The fourth-order valence-electron chi connectivity index (χ4n) is 7.15. The van der Waals surface area contributed by atoms with E-state index in [1.807, 2.05) is 0 Å². The molecule has 2 aromatic carbocycles. The smallest absolute Gasteiger partial charge is 0.412 e. The number of amides is 1. The molecule has 0 radical (unpaired) electrons. The molecule has 0 fully saturated rings. The van der Waals surface area contributed by atoms with Crippen LogP contribution >= 0.6 is 0 Å². The number of halogens is 4. The van der Waals surface area contributed by atoms with Crippen molar-refractivity contribution >= 4 is 39.5 Å². The molecule has 0 aliphatic rings. The Morgan fingerprint density at radius 1 is 0.651 bits per heavy atom. The van der Waals surface area contributed by atoms with Crippen molar-refractivity contribution in [3.05, 3.63) is 139 Å². The largest absolute Gasteiger partial charge is 0.444 e. The summed E-state index contributed by atoms with van der Waals surface area (Å²) in [4.78, 5) is 46.6. The van der Waals surface area contributed by atoms with E-state index in [0.717, 1.165) is 6.07 Å². The number of nitrogens with one attached hydrogen (secondary N) is 1. The zero-order valence-corrected chi connectivity index (χ0v) is 35.5. The predicted molar refractivity (Wildman–Crippen MR) is 228 cm³/mol. The Morgan fingerprint density at radius 2 is 1.10 bits per heavy atom. The van der Waals surface area contributed by atoms with E-state index in [4.69, 9.17) is 19.5 Å². The zero-order valence-electron chi connectivity index (χ0n) is 35.5. The van der Waals surface area contributed by atoms with Gasteiger partial charge in [0.25, 0.3) is 0 Å². The van der Waals surface area contributed by atoms with Crippen molar-refractivity contribution in [2.75, 3.05) is 11.1 Å². The SMILES string of the molecule is Cc1noc(C)c1-c1ccc2c(=O)cc(C)n(-c3cc(N)c(F)cc3F)c2n1.Cc1noc(C)c1-c1ccc2c(=O)cc(C)n(-c3cc(NC(=O)OC(C)(C)C)c(F)cc3F)c2n1. The summed E-state index contributed by atoms with van der Waals surface area (Å²) in [5.41, 5.74) is 8.45. The van der Waals surface area contributed by atoms with Crippen LogP contribution in [0.4, 0.5) is 33.7 Å². The molecule has 14 nitrogen and oxygen atoms in total. The van der Waals surface area contributed by atoms with Crippen LogP contribution in [0.3, 0.4) is 0 Å². The minimum Gasteiger partial charge on any atom is -0.444 e. The molecule has 1 amide bonds. The molecular formula is C45H40F4N8O6. The molecule has 18 heteroatoms. The van der Waals surface area contributed by atoms with Crippen LogP contribution in [0.5, 0.6) is 0 Å². The quantitative estimate of drug-likeness (QED) is 0.124. The maximum Gasteiger partial charge on any atom is 0.412 e. The van der Waals surface area contributed by atoms with Crippen LogP contribution in [-0.4, -0.2) is 41.1 Å². The third-order valence-electron chi connectivity index (χ3n) is 9.89. The summed E-state index contributed by atoms with van der Waals surface area (Å²) in [6.07, 6.45) is -0.894. The van der Waals surface area contributed by atoms with Gasteiger partial charge >= 0.3 is 6.09 Å². The molecule has 3 N–H and O–H groups in total.